The highest BCUT2D eigenvalue weighted by Gasteiger charge is 2.18. The van der Waals surface area contributed by atoms with Crippen molar-refractivity contribution in [3.8, 4) is 23.0 Å². The minimum atomic E-state index is -0.298. The Hall–Kier alpha value is -4.17. The van der Waals surface area contributed by atoms with Gasteiger partial charge in [-0.2, -0.15) is 10.4 Å². The second-order valence-corrected chi connectivity index (χ2v) is 6.17. The molecule has 0 fully saturated rings. The van der Waals surface area contributed by atoms with Gasteiger partial charge in [-0.15, -0.1) is 0 Å². The van der Waals surface area contributed by atoms with E-state index in [4.69, 9.17) is 5.26 Å². The van der Waals surface area contributed by atoms with Crippen LogP contribution in [-0.2, 0) is 0 Å². The molecule has 0 unspecified atom stereocenters. The van der Waals surface area contributed by atoms with Crippen LogP contribution in [0, 0.1) is 11.3 Å². The first kappa shape index (κ1) is 17.3. The molecule has 0 radical (unpaired) electrons. The molecule has 0 aliphatic carbocycles. The van der Waals surface area contributed by atoms with Crippen molar-refractivity contribution in [2.75, 3.05) is 5.32 Å². The highest BCUT2D eigenvalue weighted by molar-refractivity contribution is 6.04. The quantitative estimate of drug-likeness (QED) is 0.572. The number of hydrogen-bond donors (Lipinski definition) is 1. The summed E-state index contributed by atoms with van der Waals surface area (Å²) < 4.78 is 1.63. The van der Waals surface area contributed by atoms with E-state index >= 15 is 0 Å². The average molecular weight is 364 g/mol. The monoisotopic (exact) mass is 364 g/mol. The van der Waals surface area contributed by atoms with Gasteiger partial charge in [-0.05, 0) is 36.4 Å². The molecule has 3 aromatic carbocycles. The first-order chi connectivity index (χ1) is 13.7. The number of benzene rings is 3. The van der Waals surface area contributed by atoms with Crippen LogP contribution in [0.25, 0.3) is 16.9 Å². The molecule has 0 aliphatic heterocycles. The lowest BCUT2D eigenvalue weighted by atomic mass is 10.1. The van der Waals surface area contributed by atoms with E-state index in [-0.39, 0.29) is 5.91 Å². The molecule has 0 saturated carbocycles. The second kappa shape index (κ2) is 7.60. The molecule has 1 N–H and O–H groups in total. The van der Waals surface area contributed by atoms with E-state index in [1.165, 1.54) is 0 Å². The first-order valence-corrected chi connectivity index (χ1v) is 8.77. The Balaban J connectivity index is 1.75. The predicted molar refractivity (Wildman–Crippen MR) is 108 cm³/mol. The maximum Gasteiger partial charge on any atom is 0.274 e. The Morgan fingerprint density at radius 1 is 0.893 bits per heavy atom. The maximum atomic E-state index is 13.0. The third-order valence-corrected chi connectivity index (χ3v) is 4.26. The third-order valence-electron chi connectivity index (χ3n) is 4.26. The number of nitrogens with one attached hydrogen (secondary N) is 1. The van der Waals surface area contributed by atoms with Gasteiger partial charge in [-0.3, -0.25) is 4.79 Å². The van der Waals surface area contributed by atoms with Crippen LogP contribution in [0.3, 0.4) is 0 Å². The van der Waals surface area contributed by atoms with E-state index < -0.39 is 0 Å². The topological polar surface area (TPSA) is 70.7 Å². The summed E-state index contributed by atoms with van der Waals surface area (Å²) in [7, 11) is 0. The van der Waals surface area contributed by atoms with Crippen LogP contribution < -0.4 is 5.32 Å². The molecule has 0 aliphatic rings. The largest absolute Gasteiger partial charge is 0.321 e. The SMILES string of the molecule is N#Cc1cccc(NC(=O)c2cc(-c3ccccc3)nn2-c2ccccc2)c1. The van der Waals surface area contributed by atoms with E-state index in [2.05, 4.69) is 16.5 Å². The molecule has 134 valence electrons. The van der Waals surface area contributed by atoms with Gasteiger partial charge in [0.25, 0.3) is 5.91 Å². The fourth-order valence-electron chi connectivity index (χ4n) is 2.92. The van der Waals surface area contributed by atoms with E-state index in [0.29, 0.717) is 22.6 Å². The minimum absolute atomic E-state index is 0.298. The molecule has 5 heteroatoms. The zero-order chi connectivity index (χ0) is 19.3. The fraction of sp³-hybridized carbons (Fsp3) is 0. The fourth-order valence-corrected chi connectivity index (χ4v) is 2.92. The Bertz CT molecular complexity index is 1160. The van der Waals surface area contributed by atoms with Crippen molar-refractivity contribution in [2.24, 2.45) is 0 Å². The molecule has 28 heavy (non-hydrogen) atoms. The summed E-state index contributed by atoms with van der Waals surface area (Å²) in [6.07, 6.45) is 0. The van der Waals surface area contributed by atoms with Crippen molar-refractivity contribution in [3.05, 3.63) is 102 Å². The molecular weight excluding hydrogens is 348 g/mol. The summed E-state index contributed by atoms with van der Waals surface area (Å²) in [5, 5.41) is 16.6. The van der Waals surface area contributed by atoms with Crippen molar-refractivity contribution >= 4 is 11.6 Å². The zero-order valence-corrected chi connectivity index (χ0v) is 14.9. The summed E-state index contributed by atoms with van der Waals surface area (Å²) >= 11 is 0. The number of anilines is 1. The van der Waals surface area contributed by atoms with Gasteiger partial charge in [0.1, 0.15) is 5.69 Å². The Morgan fingerprint density at radius 3 is 2.32 bits per heavy atom. The highest BCUT2D eigenvalue weighted by atomic mass is 16.2. The van der Waals surface area contributed by atoms with E-state index in [9.17, 15) is 4.79 Å². The molecule has 1 amide bonds. The molecule has 1 heterocycles. The second-order valence-electron chi connectivity index (χ2n) is 6.17. The standard InChI is InChI=1S/C23H16N4O/c24-16-17-8-7-11-19(14-17)25-23(28)22-15-21(18-9-3-1-4-10-18)26-27(22)20-12-5-2-6-13-20/h1-15H,(H,25,28). The Kier molecular flexibility index (Phi) is 4.68. The van der Waals surface area contributed by atoms with Crippen molar-refractivity contribution in [3.63, 3.8) is 0 Å². The van der Waals surface area contributed by atoms with Gasteiger partial charge in [0.15, 0.2) is 0 Å². The first-order valence-electron chi connectivity index (χ1n) is 8.77. The molecular formula is C23H16N4O. The molecule has 1 aromatic heterocycles. The molecule has 0 spiro atoms. The maximum absolute atomic E-state index is 13.0. The summed E-state index contributed by atoms with van der Waals surface area (Å²) in [6, 6.07) is 29.9. The number of para-hydroxylation sites is 1. The van der Waals surface area contributed by atoms with Crippen LogP contribution in [0.4, 0.5) is 5.69 Å². The molecule has 5 nitrogen and oxygen atoms in total. The van der Waals surface area contributed by atoms with Crippen LogP contribution in [-0.4, -0.2) is 15.7 Å². The summed E-state index contributed by atoms with van der Waals surface area (Å²) in [5.74, 6) is -0.298. The van der Waals surface area contributed by atoms with E-state index in [1.807, 2.05) is 60.7 Å². The smallest absolute Gasteiger partial charge is 0.274 e. The Morgan fingerprint density at radius 2 is 1.61 bits per heavy atom. The number of nitrogens with zero attached hydrogens (tertiary/aromatic N) is 3. The van der Waals surface area contributed by atoms with Crippen LogP contribution >= 0.6 is 0 Å². The van der Waals surface area contributed by atoms with Crippen LogP contribution in [0.1, 0.15) is 16.1 Å². The summed E-state index contributed by atoms with van der Waals surface area (Å²) in [5.41, 5.74) is 3.89. The van der Waals surface area contributed by atoms with Gasteiger partial charge >= 0.3 is 0 Å². The highest BCUT2D eigenvalue weighted by Crippen LogP contribution is 2.22. The van der Waals surface area contributed by atoms with Crippen LogP contribution in [0.5, 0.6) is 0 Å². The van der Waals surface area contributed by atoms with Gasteiger partial charge in [0, 0.05) is 11.3 Å². The molecule has 4 rings (SSSR count). The van der Waals surface area contributed by atoms with Crippen molar-refractivity contribution < 1.29 is 4.79 Å². The third kappa shape index (κ3) is 3.53. The zero-order valence-electron chi connectivity index (χ0n) is 14.9. The number of aromatic nitrogens is 2. The number of nitriles is 1. The summed E-state index contributed by atoms with van der Waals surface area (Å²) in [4.78, 5) is 13.0. The molecule has 0 atom stereocenters. The Labute approximate surface area is 162 Å². The number of hydrogen-bond acceptors (Lipinski definition) is 3. The van der Waals surface area contributed by atoms with Crippen LogP contribution in [0.15, 0.2) is 91.0 Å². The van der Waals surface area contributed by atoms with Crippen molar-refractivity contribution in [2.45, 2.75) is 0 Å². The number of amides is 1. The van der Waals surface area contributed by atoms with E-state index in [0.717, 1.165) is 11.3 Å². The van der Waals surface area contributed by atoms with Gasteiger partial charge in [-0.1, -0.05) is 54.6 Å². The minimum Gasteiger partial charge on any atom is -0.321 e. The molecule has 4 aromatic rings. The lowest BCUT2D eigenvalue weighted by Gasteiger charge is -2.08. The number of rotatable bonds is 4. The normalized spacial score (nSPS) is 10.2. The molecule has 0 saturated heterocycles. The lowest BCUT2D eigenvalue weighted by molar-refractivity contribution is 0.101. The summed E-state index contributed by atoms with van der Waals surface area (Å²) in [6.45, 7) is 0. The lowest BCUT2D eigenvalue weighted by Crippen LogP contribution is -2.17. The number of carbonyl (C=O) groups excluding carboxylic acids is 1. The van der Waals surface area contributed by atoms with Gasteiger partial charge < -0.3 is 5.32 Å². The van der Waals surface area contributed by atoms with Crippen molar-refractivity contribution in [1.29, 1.82) is 5.26 Å². The van der Waals surface area contributed by atoms with Gasteiger partial charge in [-0.25, -0.2) is 4.68 Å². The average Bonchev–Trinajstić information content (AvgIpc) is 3.21. The number of carbonyl (C=O) groups is 1. The predicted octanol–water partition coefficient (Wildman–Crippen LogP) is 4.66. The molecule has 0 bridgehead atoms. The van der Waals surface area contributed by atoms with Crippen molar-refractivity contribution in [1.82, 2.24) is 9.78 Å². The van der Waals surface area contributed by atoms with Gasteiger partial charge in [0.05, 0.1) is 23.0 Å². The van der Waals surface area contributed by atoms with Gasteiger partial charge in [0.2, 0.25) is 0 Å². The van der Waals surface area contributed by atoms with E-state index in [1.54, 1.807) is 35.0 Å². The van der Waals surface area contributed by atoms with Crippen LogP contribution in [0.2, 0.25) is 0 Å².